The van der Waals surface area contributed by atoms with E-state index in [1.54, 1.807) is 30.6 Å². The lowest BCUT2D eigenvalue weighted by atomic mass is 10.0. The van der Waals surface area contributed by atoms with E-state index in [4.69, 9.17) is 16.3 Å². The number of benzene rings is 1. The standard InChI is InChI=1S/C22H18ClF3N4O/c23-15-9-17(14-1-2-20(28-11-14)29-5-7-31-8-6-29)21-18(10-15)16-3-4-27-12-19(16)30(21)13-22(24,25)26/h1-4,9-12H,5-8,13H2. The van der Waals surface area contributed by atoms with Gasteiger partial charge in [-0.2, -0.15) is 13.2 Å². The Morgan fingerprint density at radius 1 is 1.03 bits per heavy atom. The zero-order valence-electron chi connectivity index (χ0n) is 16.4. The summed E-state index contributed by atoms with van der Waals surface area (Å²) in [5.41, 5.74) is 2.18. The van der Waals surface area contributed by atoms with Crippen molar-refractivity contribution in [1.29, 1.82) is 0 Å². The maximum Gasteiger partial charge on any atom is 0.406 e. The Kier molecular flexibility index (Phi) is 4.98. The van der Waals surface area contributed by atoms with Gasteiger partial charge >= 0.3 is 6.18 Å². The number of nitrogens with zero attached hydrogens (tertiary/aromatic N) is 4. The monoisotopic (exact) mass is 446 g/mol. The predicted molar refractivity (Wildman–Crippen MR) is 115 cm³/mol. The van der Waals surface area contributed by atoms with Gasteiger partial charge in [-0.15, -0.1) is 0 Å². The van der Waals surface area contributed by atoms with E-state index in [-0.39, 0.29) is 0 Å². The van der Waals surface area contributed by atoms with E-state index in [1.165, 1.54) is 10.8 Å². The summed E-state index contributed by atoms with van der Waals surface area (Å²) >= 11 is 6.38. The van der Waals surface area contributed by atoms with Gasteiger partial charge in [0.1, 0.15) is 12.4 Å². The first-order chi connectivity index (χ1) is 14.9. The quantitative estimate of drug-likeness (QED) is 0.428. The van der Waals surface area contributed by atoms with Crippen LogP contribution >= 0.6 is 11.6 Å². The molecule has 1 aliphatic rings. The minimum absolute atomic E-state index is 0.413. The van der Waals surface area contributed by atoms with Crippen LogP contribution in [0.5, 0.6) is 0 Å². The van der Waals surface area contributed by atoms with Crippen LogP contribution in [-0.2, 0) is 11.3 Å². The van der Waals surface area contributed by atoms with Crippen molar-refractivity contribution in [1.82, 2.24) is 14.5 Å². The van der Waals surface area contributed by atoms with E-state index < -0.39 is 12.7 Å². The summed E-state index contributed by atoms with van der Waals surface area (Å²) in [5.74, 6) is 0.811. The van der Waals surface area contributed by atoms with Gasteiger partial charge in [0.15, 0.2) is 0 Å². The molecule has 5 nitrogen and oxygen atoms in total. The molecule has 0 N–H and O–H groups in total. The molecule has 160 valence electrons. The molecule has 1 fully saturated rings. The van der Waals surface area contributed by atoms with Crippen molar-refractivity contribution in [2.24, 2.45) is 0 Å². The van der Waals surface area contributed by atoms with E-state index in [2.05, 4.69) is 14.9 Å². The number of anilines is 1. The summed E-state index contributed by atoms with van der Waals surface area (Å²) in [6.07, 6.45) is 0.325. The van der Waals surface area contributed by atoms with Crippen LogP contribution in [-0.4, -0.2) is 47.0 Å². The van der Waals surface area contributed by atoms with Crippen LogP contribution in [0.3, 0.4) is 0 Å². The van der Waals surface area contributed by atoms with Gasteiger partial charge in [0.05, 0.1) is 30.4 Å². The van der Waals surface area contributed by atoms with E-state index in [9.17, 15) is 13.2 Å². The van der Waals surface area contributed by atoms with E-state index in [0.29, 0.717) is 51.2 Å². The minimum Gasteiger partial charge on any atom is -0.378 e. The topological polar surface area (TPSA) is 43.2 Å². The van der Waals surface area contributed by atoms with Crippen LogP contribution < -0.4 is 4.90 Å². The number of ether oxygens (including phenoxy) is 1. The summed E-state index contributed by atoms with van der Waals surface area (Å²) in [7, 11) is 0. The number of hydrogen-bond acceptors (Lipinski definition) is 4. The average Bonchev–Trinajstić information content (AvgIpc) is 3.06. The fourth-order valence-corrected chi connectivity index (χ4v) is 4.35. The van der Waals surface area contributed by atoms with Gasteiger partial charge in [0.25, 0.3) is 0 Å². The number of morpholine rings is 1. The number of halogens is 4. The van der Waals surface area contributed by atoms with Crippen LogP contribution in [0.1, 0.15) is 0 Å². The van der Waals surface area contributed by atoms with Crippen molar-refractivity contribution >= 4 is 39.2 Å². The van der Waals surface area contributed by atoms with Gasteiger partial charge in [-0.3, -0.25) is 4.98 Å². The van der Waals surface area contributed by atoms with E-state index in [1.807, 2.05) is 12.1 Å². The van der Waals surface area contributed by atoms with Gasteiger partial charge in [0.2, 0.25) is 0 Å². The molecule has 3 aromatic heterocycles. The van der Waals surface area contributed by atoms with E-state index >= 15 is 0 Å². The molecule has 31 heavy (non-hydrogen) atoms. The summed E-state index contributed by atoms with van der Waals surface area (Å²) in [6, 6.07) is 8.85. The Morgan fingerprint density at radius 2 is 1.84 bits per heavy atom. The molecule has 0 amide bonds. The molecule has 1 aliphatic heterocycles. The molecule has 0 aliphatic carbocycles. The third kappa shape index (κ3) is 3.81. The summed E-state index contributed by atoms with van der Waals surface area (Å²) in [4.78, 5) is 10.7. The Morgan fingerprint density at radius 3 is 2.55 bits per heavy atom. The molecule has 0 bridgehead atoms. The third-order valence-electron chi connectivity index (χ3n) is 5.46. The summed E-state index contributed by atoms with van der Waals surface area (Å²) in [6.45, 7) is 1.67. The van der Waals surface area contributed by atoms with Crippen molar-refractivity contribution in [2.45, 2.75) is 12.7 Å². The predicted octanol–water partition coefficient (Wildman–Crippen LogP) is 5.30. The molecule has 0 atom stereocenters. The number of aromatic nitrogens is 3. The van der Waals surface area contributed by atoms with Crippen LogP contribution in [0.25, 0.3) is 32.9 Å². The average molecular weight is 447 g/mol. The Balaban J connectivity index is 1.69. The fourth-order valence-electron chi connectivity index (χ4n) is 4.13. The van der Waals surface area contributed by atoms with Crippen LogP contribution in [0, 0.1) is 0 Å². The Hall–Kier alpha value is -2.84. The van der Waals surface area contributed by atoms with Crippen LogP contribution in [0.2, 0.25) is 5.02 Å². The highest BCUT2D eigenvalue weighted by molar-refractivity contribution is 6.32. The second-order valence-electron chi connectivity index (χ2n) is 7.45. The van der Waals surface area contributed by atoms with Gasteiger partial charge in [-0.05, 0) is 30.3 Å². The maximum absolute atomic E-state index is 13.5. The largest absolute Gasteiger partial charge is 0.406 e. The molecule has 5 rings (SSSR count). The van der Waals surface area contributed by atoms with Gasteiger partial charge in [-0.1, -0.05) is 11.6 Å². The SMILES string of the molecule is FC(F)(F)Cn1c2cnccc2c2cc(Cl)cc(-c3ccc(N4CCOCC4)nc3)c21. The zero-order chi connectivity index (χ0) is 21.6. The molecule has 4 aromatic rings. The van der Waals surface area contributed by atoms with Gasteiger partial charge in [0, 0.05) is 52.4 Å². The lowest BCUT2D eigenvalue weighted by molar-refractivity contribution is -0.139. The number of hydrogen-bond donors (Lipinski definition) is 0. The first-order valence-electron chi connectivity index (χ1n) is 9.82. The Labute approximate surface area is 181 Å². The third-order valence-corrected chi connectivity index (χ3v) is 5.68. The first-order valence-corrected chi connectivity index (χ1v) is 10.2. The van der Waals surface area contributed by atoms with Gasteiger partial charge in [-0.25, -0.2) is 4.98 Å². The Bertz CT molecular complexity index is 1250. The highest BCUT2D eigenvalue weighted by Crippen LogP contribution is 2.39. The van der Waals surface area contributed by atoms with Crippen molar-refractivity contribution in [2.75, 3.05) is 31.2 Å². The number of fused-ring (bicyclic) bond motifs is 3. The molecule has 0 spiro atoms. The zero-order valence-corrected chi connectivity index (χ0v) is 17.1. The summed E-state index contributed by atoms with van der Waals surface area (Å²) < 4.78 is 47.0. The maximum atomic E-state index is 13.5. The first kappa shape index (κ1) is 20.1. The van der Waals surface area contributed by atoms with Crippen LogP contribution in [0.4, 0.5) is 19.0 Å². The number of alkyl halides is 3. The fraction of sp³-hybridized carbons (Fsp3) is 0.273. The van der Waals surface area contributed by atoms with Crippen molar-refractivity contribution in [3.05, 3.63) is 53.9 Å². The highest BCUT2D eigenvalue weighted by atomic mass is 35.5. The van der Waals surface area contributed by atoms with E-state index in [0.717, 1.165) is 18.9 Å². The molecule has 1 saturated heterocycles. The summed E-state index contributed by atoms with van der Waals surface area (Å²) in [5, 5.41) is 1.78. The van der Waals surface area contributed by atoms with Crippen molar-refractivity contribution in [3.8, 4) is 11.1 Å². The molecule has 0 unspecified atom stereocenters. The number of rotatable bonds is 3. The lowest BCUT2D eigenvalue weighted by Crippen LogP contribution is -2.36. The molecule has 1 aromatic carbocycles. The molecule has 9 heteroatoms. The number of pyridine rings is 2. The highest BCUT2D eigenvalue weighted by Gasteiger charge is 2.30. The van der Waals surface area contributed by atoms with Crippen LogP contribution in [0.15, 0.2) is 48.9 Å². The molecule has 4 heterocycles. The second kappa shape index (κ2) is 7.69. The molecular formula is C22H18ClF3N4O. The lowest BCUT2D eigenvalue weighted by Gasteiger charge is -2.27. The van der Waals surface area contributed by atoms with Crippen molar-refractivity contribution < 1.29 is 17.9 Å². The smallest absolute Gasteiger partial charge is 0.378 e. The minimum atomic E-state index is -4.38. The van der Waals surface area contributed by atoms with Crippen molar-refractivity contribution in [3.63, 3.8) is 0 Å². The second-order valence-corrected chi connectivity index (χ2v) is 7.88. The molecule has 0 radical (unpaired) electrons. The normalized spacial score (nSPS) is 15.2. The molecular weight excluding hydrogens is 429 g/mol. The van der Waals surface area contributed by atoms with Gasteiger partial charge < -0.3 is 14.2 Å². The molecule has 0 saturated carbocycles.